The third-order valence-corrected chi connectivity index (χ3v) is 4.76. The fourth-order valence-electron chi connectivity index (χ4n) is 2.44. The van der Waals surface area contributed by atoms with E-state index in [2.05, 4.69) is 15.2 Å². The van der Waals surface area contributed by atoms with Gasteiger partial charge in [0.25, 0.3) is 5.89 Å². The van der Waals surface area contributed by atoms with Crippen molar-refractivity contribution < 1.29 is 18.7 Å². The third-order valence-electron chi connectivity index (χ3n) is 3.86. The van der Waals surface area contributed by atoms with Gasteiger partial charge in [-0.3, -0.25) is 0 Å². The van der Waals surface area contributed by atoms with Crippen LogP contribution >= 0.6 is 11.3 Å². The Morgan fingerprint density at radius 1 is 1.04 bits per heavy atom. The van der Waals surface area contributed by atoms with Crippen LogP contribution in [0, 0.1) is 0 Å². The molecule has 0 spiro atoms. The van der Waals surface area contributed by atoms with Gasteiger partial charge in [0.1, 0.15) is 10.8 Å². The molecule has 4 rings (SSSR count). The van der Waals surface area contributed by atoms with E-state index in [0.717, 1.165) is 21.9 Å². The molecule has 2 aromatic heterocycles. The number of carbonyl (C=O) groups excluding carboxylic acids is 1. The number of hydrogen-bond acceptors (Lipinski definition) is 8. The van der Waals surface area contributed by atoms with E-state index in [9.17, 15) is 4.79 Å². The van der Waals surface area contributed by atoms with Gasteiger partial charge in [0.2, 0.25) is 5.89 Å². The number of nitrogens with zero attached hydrogens (tertiary/aromatic N) is 3. The summed E-state index contributed by atoms with van der Waals surface area (Å²) < 4.78 is 15.9. The van der Waals surface area contributed by atoms with Gasteiger partial charge < -0.3 is 13.9 Å². The molecule has 2 heterocycles. The molecule has 8 heteroatoms. The lowest BCUT2D eigenvalue weighted by Gasteiger charge is -2.00. The number of rotatable bonds is 6. The molecule has 0 unspecified atom stereocenters. The van der Waals surface area contributed by atoms with E-state index < -0.39 is 5.97 Å². The predicted molar refractivity (Wildman–Crippen MR) is 103 cm³/mol. The van der Waals surface area contributed by atoms with Crippen LogP contribution < -0.4 is 4.74 Å². The first-order valence-corrected chi connectivity index (χ1v) is 9.26. The molecule has 0 N–H and O–H groups in total. The van der Waals surface area contributed by atoms with Crippen molar-refractivity contribution in [1.29, 1.82) is 0 Å². The Bertz CT molecular complexity index is 1070. The molecule has 0 saturated heterocycles. The number of hydrogen-bond donors (Lipinski definition) is 0. The van der Waals surface area contributed by atoms with Gasteiger partial charge >= 0.3 is 5.97 Å². The van der Waals surface area contributed by atoms with Crippen molar-refractivity contribution in [3.05, 3.63) is 71.6 Å². The minimum Gasteiger partial charge on any atom is -0.497 e. The Hall–Kier alpha value is -3.52. The normalized spacial score (nSPS) is 10.6. The Morgan fingerprint density at radius 2 is 1.82 bits per heavy atom. The molecular formula is C20H15N3O4S. The van der Waals surface area contributed by atoms with Crippen molar-refractivity contribution in [2.75, 3.05) is 7.11 Å². The van der Waals surface area contributed by atoms with E-state index in [1.165, 1.54) is 11.3 Å². The highest BCUT2D eigenvalue weighted by molar-refractivity contribution is 7.13. The highest BCUT2D eigenvalue weighted by Gasteiger charge is 2.16. The van der Waals surface area contributed by atoms with Crippen LogP contribution in [0.2, 0.25) is 0 Å². The molecule has 7 nitrogen and oxygen atoms in total. The number of esters is 1. The van der Waals surface area contributed by atoms with Gasteiger partial charge in [-0.1, -0.05) is 18.2 Å². The summed E-state index contributed by atoms with van der Waals surface area (Å²) in [4.78, 5) is 16.6. The van der Waals surface area contributed by atoms with E-state index in [1.54, 1.807) is 12.5 Å². The lowest BCUT2D eigenvalue weighted by atomic mass is 10.2. The topological polar surface area (TPSA) is 87.3 Å². The summed E-state index contributed by atoms with van der Waals surface area (Å²) >= 11 is 1.36. The van der Waals surface area contributed by atoms with E-state index in [4.69, 9.17) is 13.9 Å². The standard InChI is InChI=1S/C20H15N3O4S/c1-25-15-9-7-14(8-10-15)19-21-16(12-28-19)20(24)26-11-17-22-23-18(27-17)13-5-3-2-4-6-13/h2-10,12H,11H2,1H3. The second-order valence-electron chi connectivity index (χ2n) is 5.71. The van der Waals surface area contributed by atoms with E-state index in [-0.39, 0.29) is 18.2 Å². The van der Waals surface area contributed by atoms with Crippen LogP contribution in [0.5, 0.6) is 5.75 Å². The lowest BCUT2D eigenvalue weighted by molar-refractivity contribution is 0.0433. The van der Waals surface area contributed by atoms with Crippen LogP contribution in [0.25, 0.3) is 22.0 Å². The van der Waals surface area contributed by atoms with Crippen molar-refractivity contribution >= 4 is 17.3 Å². The summed E-state index contributed by atoms with van der Waals surface area (Å²) in [5.41, 5.74) is 1.93. The smallest absolute Gasteiger partial charge is 0.358 e. The molecule has 0 bridgehead atoms. The molecule has 28 heavy (non-hydrogen) atoms. The van der Waals surface area contributed by atoms with Crippen LogP contribution in [-0.2, 0) is 11.3 Å². The summed E-state index contributed by atoms with van der Waals surface area (Å²) in [6, 6.07) is 16.8. The van der Waals surface area contributed by atoms with E-state index in [0.29, 0.717) is 5.89 Å². The number of ether oxygens (including phenoxy) is 2. The SMILES string of the molecule is COc1ccc(-c2nc(C(=O)OCc3nnc(-c4ccccc4)o3)cs2)cc1. The van der Waals surface area contributed by atoms with Crippen molar-refractivity contribution in [2.24, 2.45) is 0 Å². The van der Waals surface area contributed by atoms with Gasteiger partial charge in [0.05, 0.1) is 7.11 Å². The molecule has 0 aliphatic carbocycles. The molecule has 0 aliphatic rings. The number of benzene rings is 2. The Balaban J connectivity index is 1.39. The number of thiazole rings is 1. The molecule has 0 amide bonds. The van der Waals surface area contributed by atoms with Gasteiger partial charge in [0.15, 0.2) is 12.3 Å². The number of aromatic nitrogens is 3. The largest absolute Gasteiger partial charge is 0.497 e. The van der Waals surface area contributed by atoms with Crippen molar-refractivity contribution in [1.82, 2.24) is 15.2 Å². The Kier molecular flexibility index (Phi) is 5.11. The minimum atomic E-state index is -0.546. The zero-order chi connectivity index (χ0) is 19.3. The minimum absolute atomic E-state index is 0.117. The second kappa shape index (κ2) is 8.01. The molecule has 0 aliphatic heterocycles. The maximum atomic E-state index is 12.3. The van der Waals surface area contributed by atoms with E-state index >= 15 is 0 Å². The van der Waals surface area contributed by atoms with E-state index in [1.807, 2.05) is 54.6 Å². The van der Waals surface area contributed by atoms with Crippen LogP contribution in [0.4, 0.5) is 0 Å². The molecule has 0 fully saturated rings. The van der Waals surface area contributed by atoms with Gasteiger partial charge in [0, 0.05) is 16.5 Å². The van der Waals surface area contributed by atoms with Crippen LogP contribution in [0.15, 0.2) is 64.4 Å². The molecule has 0 radical (unpaired) electrons. The van der Waals surface area contributed by atoms with Crippen LogP contribution in [0.3, 0.4) is 0 Å². The lowest BCUT2D eigenvalue weighted by Crippen LogP contribution is -2.05. The zero-order valence-electron chi connectivity index (χ0n) is 14.9. The number of carbonyl (C=O) groups is 1. The zero-order valence-corrected chi connectivity index (χ0v) is 15.7. The monoisotopic (exact) mass is 393 g/mol. The second-order valence-corrected chi connectivity index (χ2v) is 6.57. The summed E-state index contributed by atoms with van der Waals surface area (Å²) in [5.74, 6) is 0.810. The van der Waals surface area contributed by atoms with Gasteiger partial charge in [-0.05, 0) is 36.4 Å². The first kappa shape index (κ1) is 17.9. The van der Waals surface area contributed by atoms with Crippen molar-refractivity contribution in [3.63, 3.8) is 0 Å². The first-order chi connectivity index (χ1) is 13.7. The maximum Gasteiger partial charge on any atom is 0.358 e. The Morgan fingerprint density at radius 3 is 2.57 bits per heavy atom. The fraction of sp³-hybridized carbons (Fsp3) is 0.100. The quantitative estimate of drug-likeness (QED) is 0.453. The fourth-order valence-corrected chi connectivity index (χ4v) is 3.24. The predicted octanol–water partition coefficient (Wildman–Crippen LogP) is 4.23. The molecule has 0 saturated carbocycles. The molecular weight excluding hydrogens is 378 g/mol. The Labute approximate surface area is 164 Å². The average Bonchev–Trinajstić information content (AvgIpc) is 3.43. The van der Waals surface area contributed by atoms with Gasteiger partial charge in [-0.2, -0.15) is 0 Å². The summed E-state index contributed by atoms with van der Waals surface area (Å²) in [6.07, 6.45) is 0. The average molecular weight is 393 g/mol. The van der Waals surface area contributed by atoms with Gasteiger partial charge in [-0.15, -0.1) is 21.5 Å². The molecule has 140 valence electrons. The molecule has 0 atom stereocenters. The summed E-state index contributed by atoms with van der Waals surface area (Å²) in [7, 11) is 1.61. The molecule has 2 aromatic carbocycles. The van der Waals surface area contributed by atoms with Crippen LogP contribution in [-0.4, -0.2) is 28.3 Å². The molecule has 4 aromatic rings. The highest BCUT2D eigenvalue weighted by Crippen LogP contribution is 2.26. The van der Waals surface area contributed by atoms with Crippen molar-refractivity contribution in [3.8, 4) is 27.8 Å². The highest BCUT2D eigenvalue weighted by atomic mass is 32.1. The third kappa shape index (κ3) is 3.91. The van der Waals surface area contributed by atoms with Crippen LogP contribution in [0.1, 0.15) is 16.4 Å². The maximum absolute atomic E-state index is 12.3. The number of methoxy groups -OCH3 is 1. The first-order valence-electron chi connectivity index (χ1n) is 8.38. The van der Waals surface area contributed by atoms with Crippen molar-refractivity contribution in [2.45, 2.75) is 6.61 Å². The summed E-state index contributed by atoms with van der Waals surface area (Å²) in [5, 5.41) is 10.2. The van der Waals surface area contributed by atoms with Gasteiger partial charge in [-0.25, -0.2) is 9.78 Å². The summed E-state index contributed by atoms with van der Waals surface area (Å²) in [6.45, 7) is -0.117.